The summed E-state index contributed by atoms with van der Waals surface area (Å²) < 4.78 is 54.1. The fourth-order valence-corrected chi connectivity index (χ4v) is 7.10. The summed E-state index contributed by atoms with van der Waals surface area (Å²) in [6.45, 7) is 4.56. The van der Waals surface area contributed by atoms with Crippen LogP contribution in [-0.2, 0) is 21.8 Å². The topological polar surface area (TPSA) is 102 Å². The van der Waals surface area contributed by atoms with E-state index < -0.39 is 32.9 Å². The number of allylic oxidation sites excluding steroid dienone is 1. The number of halogens is 2. The zero-order valence-electron chi connectivity index (χ0n) is 22.3. The van der Waals surface area contributed by atoms with E-state index in [2.05, 4.69) is 46.0 Å². The van der Waals surface area contributed by atoms with Gasteiger partial charge in [-0.05, 0) is 54.5 Å². The summed E-state index contributed by atoms with van der Waals surface area (Å²) >= 11 is 0. The van der Waals surface area contributed by atoms with Crippen LogP contribution in [0, 0.1) is 40.7 Å². The molecule has 11 heteroatoms. The Bertz CT molecular complexity index is 1720. The first-order valence-corrected chi connectivity index (χ1v) is 15.2. The number of rotatable bonds is 6. The normalized spacial score (nSPS) is 27.7. The fourth-order valence-electron chi connectivity index (χ4n) is 6.58. The van der Waals surface area contributed by atoms with Crippen molar-refractivity contribution in [2.45, 2.75) is 44.7 Å². The molecule has 8 nitrogen and oxygen atoms in total. The van der Waals surface area contributed by atoms with Gasteiger partial charge in [0.2, 0.25) is 0 Å². The molecule has 0 amide bonds. The van der Waals surface area contributed by atoms with Crippen LogP contribution in [0.15, 0.2) is 59.0 Å². The van der Waals surface area contributed by atoms with Gasteiger partial charge in [0.05, 0.1) is 34.7 Å². The Balaban J connectivity index is 1.42. The first kappa shape index (κ1) is 26.4. The molecule has 6 rings (SSSR count). The third-order valence-electron chi connectivity index (χ3n) is 8.71. The van der Waals surface area contributed by atoms with E-state index in [-0.39, 0.29) is 40.8 Å². The van der Waals surface area contributed by atoms with Gasteiger partial charge in [-0.25, -0.2) is 27.2 Å². The monoisotopic (exact) mass is 562 g/mol. The lowest BCUT2D eigenvalue weighted by Gasteiger charge is -2.45. The highest BCUT2D eigenvalue weighted by Gasteiger charge is 2.62. The van der Waals surface area contributed by atoms with Crippen molar-refractivity contribution in [1.29, 1.82) is 0 Å². The minimum Gasteiger partial charge on any atom is -0.251 e. The van der Waals surface area contributed by atoms with Gasteiger partial charge in [0.25, 0.3) is 0 Å². The largest absolute Gasteiger partial charge is 0.251 e. The fraction of sp³-hybridized carbons (Fsp3) is 0.414. The van der Waals surface area contributed by atoms with Crippen LogP contribution in [0.4, 0.5) is 8.78 Å². The number of azo groups is 1. The molecule has 206 valence electrons. The van der Waals surface area contributed by atoms with E-state index in [1.54, 1.807) is 6.08 Å². The number of hydrogen-bond acceptors (Lipinski definition) is 7. The van der Waals surface area contributed by atoms with Crippen molar-refractivity contribution in [3.05, 3.63) is 71.7 Å². The Morgan fingerprint density at radius 1 is 1.10 bits per heavy atom. The number of benzene rings is 1. The Morgan fingerprint density at radius 2 is 1.85 bits per heavy atom. The van der Waals surface area contributed by atoms with Crippen LogP contribution < -0.4 is 0 Å². The zero-order valence-corrected chi connectivity index (χ0v) is 23.2. The third kappa shape index (κ3) is 4.25. The summed E-state index contributed by atoms with van der Waals surface area (Å²) in [7, 11) is -3.14. The van der Waals surface area contributed by atoms with Crippen LogP contribution in [-0.4, -0.2) is 46.2 Å². The standard InChI is InChI=1S/C29H28F2N6O2S/c1-28(2)19-12-13-29(28,24-9-5-8-22(33-24)27-32-17-37(36-27)14-15-40(3,38)39)25-11-10-18(19)16-23(34-35-25)26-20(30)6-4-7-21(26)31/h4-9,16-19,25H,12-15H2,1-3H3/b23-16-,35-34?/t18?,19-,25?,29-/m0/s1. The van der Waals surface area contributed by atoms with Crippen molar-refractivity contribution < 1.29 is 17.2 Å². The van der Waals surface area contributed by atoms with Gasteiger partial charge >= 0.3 is 0 Å². The molecule has 0 N–H and O–H groups in total. The minimum atomic E-state index is -3.14. The Morgan fingerprint density at radius 3 is 2.60 bits per heavy atom. The highest BCUT2D eigenvalue weighted by atomic mass is 32.2. The van der Waals surface area contributed by atoms with E-state index in [9.17, 15) is 17.2 Å². The van der Waals surface area contributed by atoms with Crippen LogP contribution in [0.25, 0.3) is 17.2 Å². The molecule has 1 fully saturated rings. The number of hydrogen-bond donors (Lipinski definition) is 0. The Kier molecular flexibility index (Phi) is 6.22. The smallest absolute Gasteiger partial charge is 0.199 e. The van der Waals surface area contributed by atoms with Gasteiger partial charge in [0.1, 0.15) is 39.5 Å². The zero-order chi connectivity index (χ0) is 28.3. The number of aromatic nitrogens is 4. The van der Waals surface area contributed by atoms with E-state index in [4.69, 9.17) is 4.98 Å². The van der Waals surface area contributed by atoms with E-state index in [0.29, 0.717) is 11.5 Å². The molecule has 3 heterocycles. The van der Waals surface area contributed by atoms with Crippen LogP contribution in [0.2, 0.25) is 0 Å². The molecular weight excluding hydrogens is 534 g/mol. The highest BCUT2D eigenvalue weighted by Crippen LogP contribution is 2.63. The van der Waals surface area contributed by atoms with Gasteiger partial charge in [0, 0.05) is 12.2 Å². The van der Waals surface area contributed by atoms with Gasteiger partial charge in [-0.3, -0.25) is 4.68 Å². The lowest BCUT2D eigenvalue weighted by atomic mass is 9.58. The van der Waals surface area contributed by atoms with Crippen molar-refractivity contribution in [3.8, 4) is 23.4 Å². The molecule has 2 aromatic heterocycles. The Labute approximate surface area is 231 Å². The maximum Gasteiger partial charge on any atom is 0.199 e. The molecule has 1 aromatic carbocycles. The molecule has 1 saturated carbocycles. The third-order valence-corrected chi connectivity index (χ3v) is 9.64. The van der Waals surface area contributed by atoms with Gasteiger partial charge in [-0.1, -0.05) is 37.8 Å². The molecular formula is C29H28F2N6O2S. The molecule has 40 heavy (non-hydrogen) atoms. The first-order valence-electron chi connectivity index (χ1n) is 13.1. The molecule has 1 aliphatic heterocycles. The van der Waals surface area contributed by atoms with Crippen molar-refractivity contribution in [1.82, 2.24) is 19.7 Å². The molecule has 4 atom stereocenters. The summed E-state index contributed by atoms with van der Waals surface area (Å²) in [5.74, 6) is 5.47. The molecule has 0 saturated heterocycles. The van der Waals surface area contributed by atoms with Crippen LogP contribution in [0.5, 0.6) is 0 Å². The highest BCUT2D eigenvalue weighted by molar-refractivity contribution is 7.90. The summed E-state index contributed by atoms with van der Waals surface area (Å²) in [5, 5.41) is 13.5. The van der Waals surface area contributed by atoms with E-state index in [1.165, 1.54) is 35.5 Å². The number of nitrogens with zero attached hydrogens (tertiary/aromatic N) is 6. The number of aryl methyl sites for hydroxylation is 1. The van der Waals surface area contributed by atoms with Crippen LogP contribution in [0.1, 0.15) is 37.9 Å². The Hall–Kier alpha value is -3.78. The van der Waals surface area contributed by atoms with Crippen LogP contribution >= 0.6 is 0 Å². The maximum atomic E-state index is 14.7. The molecule has 0 spiro atoms. The van der Waals surface area contributed by atoms with Crippen molar-refractivity contribution in [3.63, 3.8) is 0 Å². The van der Waals surface area contributed by atoms with Crippen molar-refractivity contribution in [2.24, 2.45) is 27.5 Å². The summed E-state index contributed by atoms with van der Waals surface area (Å²) in [5.41, 5.74) is 0.324. The average molecular weight is 563 g/mol. The first-order chi connectivity index (χ1) is 19.0. The van der Waals surface area contributed by atoms with Gasteiger partial charge in [-0.15, -0.1) is 5.10 Å². The number of pyridine rings is 1. The quantitative estimate of drug-likeness (QED) is 0.400. The predicted octanol–water partition coefficient (Wildman–Crippen LogP) is 4.85. The van der Waals surface area contributed by atoms with Crippen molar-refractivity contribution in [2.75, 3.05) is 12.0 Å². The van der Waals surface area contributed by atoms with Crippen LogP contribution in [0.3, 0.4) is 0 Å². The average Bonchev–Trinajstić information content (AvgIpc) is 3.45. The second kappa shape index (κ2) is 9.41. The number of fused-ring (bicyclic) bond motifs is 6. The predicted molar refractivity (Wildman–Crippen MR) is 145 cm³/mol. The summed E-state index contributed by atoms with van der Waals surface area (Å²) in [6.07, 6.45) is 6.05. The van der Waals surface area contributed by atoms with E-state index in [0.717, 1.165) is 18.5 Å². The second-order valence-corrected chi connectivity index (χ2v) is 13.5. The lowest BCUT2D eigenvalue weighted by Crippen LogP contribution is -2.48. The summed E-state index contributed by atoms with van der Waals surface area (Å²) in [6, 6.07) is 8.85. The van der Waals surface area contributed by atoms with E-state index >= 15 is 0 Å². The summed E-state index contributed by atoms with van der Waals surface area (Å²) in [4.78, 5) is 9.39. The van der Waals surface area contributed by atoms with Gasteiger partial charge < -0.3 is 0 Å². The molecule has 2 aliphatic carbocycles. The van der Waals surface area contributed by atoms with Gasteiger partial charge in [0.15, 0.2) is 5.82 Å². The van der Waals surface area contributed by atoms with Crippen molar-refractivity contribution >= 4 is 15.5 Å². The molecule has 4 bridgehead atoms. The number of sulfone groups is 1. The van der Waals surface area contributed by atoms with Gasteiger partial charge in [-0.2, -0.15) is 10.2 Å². The molecule has 2 unspecified atom stereocenters. The molecule has 3 aliphatic rings. The molecule has 3 aromatic rings. The SMILES string of the molecule is CC1(C)[C@H]2CC[C@]1(c1cccc(-c3ncn(CCS(C)(=O)=O)n3)n1)C1C#CC2/C=C(/c2c(F)cccc2F)N=N1. The van der Waals surface area contributed by atoms with E-state index in [1.807, 2.05) is 18.2 Å². The lowest BCUT2D eigenvalue weighted by molar-refractivity contribution is 0.122. The minimum absolute atomic E-state index is 0.0404. The molecule has 0 radical (unpaired) electrons. The second-order valence-electron chi connectivity index (χ2n) is 11.3. The maximum absolute atomic E-state index is 14.7.